The summed E-state index contributed by atoms with van der Waals surface area (Å²) in [4.78, 5) is 11.0. The minimum atomic E-state index is -0.725. The van der Waals surface area contributed by atoms with E-state index >= 15 is 0 Å². The summed E-state index contributed by atoms with van der Waals surface area (Å²) >= 11 is 0. The summed E-state index contributed by atoms with van der Waals surface area (Å²) in [5.41, 5.74) is 2.12. The Hall–Kier alpha value is -1.71. The van der Waals surface area contributed by atoms with E-state index in [9.17, 15) is 4.79 Å². The molecule has 0 radical (unpaired) electrons. The lowest BCUT2D eigenvalue weighted by Crippen LogP contribution is -2.05. The van der Waals surface area contributed by atoms with Crippen molar-refractivity contribution in [3.8, 4) is 11.5 Å². The van der Waals surface area contributed by atoms with Crippen molar-refractivity contribution in [2.75, 3.05) is 7.11 Å². The second-order valence-electron chi connectivity index (χ2n) is 5.12. The van der Waals surface area contributed by atoms with Crippen LogP contribution in [0, 0.1) is 5.92 Å². The van der Waals surface area contributed by atoms with Crippen LogP contribution in [0.25, 0.3) is 0 Å². The Bertz CT molecular complexity index is 509. The van der Waals surface area contributed by atoms with Crippen LogP contribution in [0.2, 0.25) is 0 Å². The first-order valence-electron chi connectivity index (χ1n) is 6.20. The van der Waals surface area contributed by atoms with Crippen LogP contribution >= 0.6 is 0 Å². The second-order valence-corrected chi connectivity index (χ2v) is 5.12. The molecule has 1 fully saturated rings. The molecule has 1 aliphatic heterocycles. The summed E-state index contributed by atoms with van der Waals surface area (Å²) in [6, 6.07) is 3.96. The van der Waals surface area contributed by atoms with Crippen molar-refractivity contribution in [2.24, 2.45) is 5.92 Å². The maximum Gasteiger partial charge on any atom is 0.307 e. The largest absolute Gasteiger partial charge is 0.496 e. The van der Waals surface area contributed by atoms with E-state index in [1.807, 2.05) is 19.1 Å². The highest BCUT2D eigenvalue weighted by Gasteiger charge is 2.46. The molecule has 3 unspecified atom stereocenters. The molecule has 3 atom stereocenters. The zero-order valence-electron chi connectivity index (χ0n) is 10.5. The van der Waals surface area contributed by atoms with Crippen molar-refractivity contribution in [3.63, 3.8) is 0 Å². The number of ether oxygens (including phenoxy) is 2. The van der Waals surface area contributed by atoms with Crippen molar-refractivity contribution < 1.29 is 19.4 Å². The van der Waals surface area contributed by atoms with Gasteiger partial charge in [0.15, 0.2) is 0 Å². The van der Waals surface area contributed by atoms with Gasteiger partial charge in [-0.3, -0.25) is 4.79 Å². The van der Waals surface area contributed by atoms with Gasteiger partial charge in [-0.2, -0.15) is 0 Å². The molecular formula is C14H16O4. The van der Waals surface area contributed by atoms with E-state index < -0.39 is 5.97 Å². The summed E-state index contributed by atoms with van der Waals surface area (Å²) in [6.07, 6.45) is 1.77. The molecule has 4 heteroatoms. The number of benzene rings is 1. The smallest absolute Gasteiger partial charge is 0.307 e. The highest BCUT2D eigenvalue weighted by molar-refractivity contribution is 5.76. The van der Waals surface area contributed by atoms with E-state index in [0.29, 0.717) is 6.42 Å². The first-order chi connectivity index (χ1) is 8.60. The molecule has 0 bridgehead atoms. The fourth-order valence-electron chi connectivity index (χ4n) is 2.73. The molecule has 1 aliphatic carbocycles. The SMILES string of the molecule is COc1cc2c(cc1C1CC1C(=O)O)OC(C)C2. The van der Waals surface area contributed by atoms with Gasteiger partial charge in [-0.25, -0.2) is 0 Å². The maximum atomic E-state index is 11.0. The van der Waals surface area contributed by atoms with E-state index in [2.05, 4.69) is 0 Å². The predicted octanol–water partition coefficient (Wildman–Crippen LogP) is 2.21. The highest BCUT2D eigenvalue weighted by atomic mass is 16.5. The molecule has 0 aromatic heterocycles. The van der Waals surface area contributed by atoms with Gasteiger partial charge in [-0.1, -0.05) is 0 Å². The lowest BCUT2D eigenvalue weighted by molar-refractivity contribution is -0.138. The van der Waals surface area contributed by atoms with Crippen LogP contribution in [0.15, 0.2) is 12.1 Å². The Morgan fingerprint density at radius 1 is 1.50 bits per heavy atom. The maximum absolute atomic E-state index is 11.0. The third-order valence-electron chi connectivity index (χ3n) is 3.76. The van der Waals surface area contributed by atoms with Gasteiger partial charge in [-0.05, 0) is 25.5 Å². The molecule has 1 aromatic rings. The zero-order valence-corrected chi connectivity index (χ0v) is 10.5. The molecule has 1 aromatic carbocycles. The molecule has 0 amide bonds. The molecule has 1 N–H and O–H groups in total. The lowest BCUT2D eigenvalue weighted by Gasteiger charge is -2.10. The summed E-state index contributed by atoms with van der Waals surface area (Å²) in [7, 11) is 1.63. The molecule has 18 heavy (non-hydrogen) atoms. The summed E-state index contributed by atoms with van der Waals surface area (Å²) in [6.45, 7) is 2.03. The molecule has 96 valence electrons. The highest BCUT2D eigenvalue weighted by Crippen LogP contribution is 2.52. The number of fused-ring (bicyclic) bond motifs is 1. The van der Waals surface area contributed by atoms with E-state index in [4.69, 9.17) is 14.6 Å². The Morgan fingerprint density at radius 2 is 2.28 bits per heavy atom. The molecule has 1 heterocycles. The number of hydrogen-bond acceptors (Lipinski definition) is 3. The number of carboxylic acids is 1. The lowest BCUT2D eigenvalue weighted by atomic mass is 10.0. The number of carbonyl (C=O) groups is 1. The molecule has 2 aliphatic rings. The van der Waals surface area contributed by atoms with Gasteiger partial charge in [0.1, 0.15) is 17.6 Å². The van der Waals surface area contributed by atoms with Gasteiger partial charge >= 0.3 is 5.97 Å². The first-order valence-corrected chi connectivity index (χ1v) is 6.20. The van der Waals surface area contributed by atoms with E-state index in [1.165, 1.54) is 0 Å². The summed E-state index contributed by atoms with van der Waals surface area (Å²) in [5.74, 6) is 0.754. The average molecular weight is 248 g/mol. The fraction of sp³-hybridized carbons (Fsp3) is 0.500. The number of hydrogen-bond donors (Lipinski definition) is 1. The van der Waals surface area contributed by atoms with Crippen molar-refractivity contribution in [1.82, 2.24) is 0 Å². The Labute approximate surface area is 106 Å². The van der Waals surface area contributed by atoms with Crippen LogP contribution in [0.4, 0.5) is 0 Å². The van der Waals surface area contributed by atoms with Crippen LogP contribution in [-0.2, 0) is 11.2 Å². The number of aliphatic carboxylic acids is 1. The van der Waals surface area contributed by atoms with E-state index in [1.54, 1.807) is 7.11 Å². The van der Waals surface area contributed by atoms with Gasteiger partial charge in [0.25, 0.3) is 0 Å². The predicted molar refractivity (Wildman–Crippen MR) is 65.3 cm³/mol. The summed E-state index contributed by atoms with van der Waals surface area (Å²) < 4.78 is 11.1. The van der Waals surface area contributed by atoms with Crippen molar-refractivity contribution in [3.05, 3.63) is 23.3 Å². The fourth-order valence-corrected chi connectivity index (χ4v) is 2.73. The van der Waals surface area contributed by atoms with Gasteiger partial charge in [0.2, 0.25) is 0 Å². The van der Waals surface area contributed by atoms with Crippen LogP contribution in [0.1, 0.15) is 30.4 Å². The van der Waals surface area contributed by atoms with Crippen LogP contribution in [0.3, 0.4) is 0 Å². The second kappa shape index (κ2) is 3.90. The molecule has 4 nitrogen and oxygen atoms in total. The normalized spacial score (nSPS) is 28.4. The Morgan fingerprint density at radius 3 is 2.89 bits per heavy atom. The van der Waals surface area contributed by atoms with E-state index in [0.717, 1.165) is 29.0 Å². The quantitative estimate of drug-likeness (QED) is 0.891. The number of carboxylic acid groups (broad SMARTS) is 1. The van der Waals surface area contributed by atoms with Gasteiger partial charge in [0, 0.05) is 23.5 Å². The zero-order chi connectivity index (χ0) is 12.9. The van der Waals surface area contributed by atoms with Crippen LogP contribution < -0.4 is 9.47 Å². The third kappa shape index (κ3) is 1.72. The number of rotatable bonds is 3. The first kappa shape index (κ1) is 11.4. The minimum absolute atomic E-state index is 0.0715. The van der Waals surface area contributed by atoms with Crippen molar-refractivity contribution >= 4 is 5.97 Å². The van der Waals surface area contributed by atoms with Gasteiger partial charge < -0.3 is 14.6 Å². The molecular weight excluding hydrogens is 232 g/mol. The third-order valence-corrected chi connectivity index (χ3v) is 3.76. The van der Waals surface area contributed by atoms with Crippen LogP contribution in [0.5, 0.6) is 11.5 Å². The standard InChI is InChI=1S/C14H16O4/c1-7-3-8-4-13(17-2)10(6-12(8)18-7)9-5-11(9)14(15)16/h4,6-7,9,11H,3,5H2,1-2H3,(H,15,16). The Kier molecular flexibility index (Phi) is 2.47. The molecule has 1 saturated carbocycles. The average Bonchev–Trinajstić information content (AvgIpc) is 3.04. The van der Waals surface area contributed by atoms with E-state index in [-0.39, 0.29) is 17.9 Å². The van der Waals surface area contributed by atoms with Crippen molar-refractivity contribution in [1.29, 1.82) is 0 Å². The monoisotopic (exact) mass is 248 g/mol. The van der Waals surface area contributed by atoms with Gasteiger partial charge in [-0.15, -0.1) is 0 Å². The van der Waals surface area contributed by atoms with Crippen LogP contribution in [-0.4, -0.2) is 24.3 Å². The topological polar surface area (TPSA) is 55.8 Å². The minimum Gasteiger partial charge on any atom is -0.496 e. The molecule has 0 spiro atoms. The molecule has 0 saturated heterocycles. The number of methoxy groups -OCH3 is 1. The summed E-state index contributed by atoms with van der Waals surface area (Å²) in [5, 5.41) is 9.01. The molecule has 3 rings (SSSR count). The Balaban J connectivity index is 1.95. The van der Waals surface area contributed by atoms with Crippen molar-refractivity contribution in [2.45, 2.75) is 31.8 Å². The van der Waals surface area contributed by atoms with Gasteiger partial charge in [0.05, 0.1) is 13.0 Å².